The molecule has 11 heteroatoms. The van der Waals surface area contributed by atoms with Crippen LogP contribution >= 0.6 is 0 Å². The van der Waals surface area contributed by atoms with Gasteiger partial charge in [-0.3, -0.25) is 9.98 Å². The Morgan fingerprint density at radius 1 is 1.03 bits per heavy atom. The lowest BCUT2D eigenvalue weighted by Crippen LogP contribution is -2.27. The number of rotatable bonds is 7. The summed E-state index contributed by atoms with van der Waals surface area (Å²) in [6.45, 7) is 0.493. The van der Waals surface area contributed by atoms with Crippen molar-refractivity contribution in [2.75, 3.05) is 38.9 Å². The second-order valence-electron chi connectivity index (χ2n) is 7.67. The van der Waals surface area contributed by atoms with Crippen LogP contribution in [0.4, 0.5) is 29.3 Å². The Kier molecular flexibility index (Phi) is 8.36. The average molecular weight is 502 g/mol. The molecule has 2 aromatic carbocycles. The number of nitrogens with zero attached hydrogens (tertiary/aromatic N) is 3. The van der Waals surface area contributed by atoms with Crippen LogP contribution in [0.25, 0.3) is 0 Å². The number of methoxy groups -OCH3 is 2. The molecule has 0 aliphatic heterocycles. The van der Waals surface area contributed by atoms with E-state index in [1.807, 2.05) is 30.1 Å². The summed E-state index contributed by atoms with van der Waals surface area (Å²) in [7, 11) is 6.00. The maximum atomic E-state index is 13.4. The molecule has 0 aliphatic rings. The van der Waals surface area contributed by atoms with Crippen LogP contribution < -0.4 is 20.1 Å². The van der Waals surface area contributed by atoms with Gasteiger partial charge in [0.2, 0.25) is 0 Å². The van der Waals surface area contributed by atoms with Crippen LogP contribution in [0.5, 0.6) is 11.5 Å². The molecule has 36 heavy (non-hydrogen) atoms. The smallest absolute Gasteiger partial charge is 0.420 e. The van der Waals surface area contributed by atoms with Gasteiger partial charge in [0.25, 0.3) is 0 Å². The van der Waals surface area contributed by atoms with Gasteiger partial charge in [-0.15, -0.1) is 0 Å². The molecule has 8 nitrogen and oxygen atoms in total. The maximum Gasteiger partial charge on any atom is 0.420 e. The van der Waals surface area contributed by atoms with E-state index in [2.05, 4.69) is 20.6 Å². The van der Waals surface area contributed by atoms with E-state index in [1.54, 1.807) is 37.6 Å². The first-order valence-electron chi connectivity index (χ1n) is 10.7. The zero-order valence-electron chi connectivity index (χ0n) is 20.2. The summed E-state index contributed by atoms with van der Waals surface area (Å²) in [4.78, 5) is 22.9. The zero-order chi connectivity index (χ0) is 26.3. The van der Waals surface area contributed by atoms with E-state index in [9.17, 15) is 18.0 Å². The van der Waals surface area contributed by atoms with E-state index < -0.39 is 23.5 Å². The summed E-state index contributed by atoms with van der Waals surface area (Å²) in [5.74, 6) is 0.373. The summed E-state index contributed by atoms with van der Waals surface area (Å²) in [6.07, 6.45) is -1.30. The van der Waals surface area contributed by atoms with E-state index in [0.29, 0.717) is 12.2 Å². The molecule has 0 bridgehead atoms. The van der Waals surface area contributed by atoms with E-state index in [4.69, 9.17) is 9.47 Å². The number of carbonyl (C=O) groups is 1. The van der Waals surface area contributed by atoms with Gasteiger partial charge in [0.05, 0.1) is 25.5 Å². The molecule has 3 rings (SSSR count). The molecule has 0 fully saturated rings. The SMILES string of the molecule is CN=C(c1ccncc1)N(C)Cc1cccc(NC(=O)Nc2cc(C(F)(F)F)c(OC)cc2OC)c1. The number of carbonyl (C=O) groups excluding carboxylic acids is 1. The van der Waals surface area contributed by atoms with Crippen LogP contribution in [-0.2, 0) is 12.7 Å². The molecule has 2 N–H and O–H groups in total. The quantitative estimate of drug-likeness (QED) is 0.340. The normalized spacial score (nSPS) is 11.6. The van der Waals surface area contributed by atoms with E-state index in [0.717, 1.165) is 36.2 Å². The predicted molar refractivity (Wildman–Crippen MR) is 132 cm³/mol. The molecule has 0 spiro atoms. The van der Waals surface area contributed by atoms with Gasteiger partial charge >= 0.3 is 12.2 Å². The molecule has 0 saturated carbocycles. The Hall–Kier alpha value is -4.28. The van der Waals surface area contributed by atoms with Crippen LogP contribution in [0.3, 0.4) is 0 Å². The monoisotopic (exact) mass is 501 g/mol. The first-order valence-corrected chi connectivity index (χ1v) is 10.7. The summed E-state index contributed by atoms with van der Waals surface area (Å²) in [5, 5.41) is 5.06. The Balaban J connectivity index is 1.74. The number of urea groups is 1. The van der Waals surface area contributed by atoms with Crippen molar-refractivity contribution in [3.63, 3.8) is 0 Å². The topological polar surface area (TPSA) is 88.1 Å². The number of amides is 2. The number of aliphatic imine (C=N–C) groups is 1. The number of nitrogens with one attached hydrogen (secondary N) is 2. The third-order valence-corrected chi connectivity index (χ3v) is 5.19. The zero-order valence-corrected chi connectivity index (χ0v) is 20.2. The fraction of sp³-hybridized carbons (Fsp3) is 0.240. The molecule has 1 aromatic heterocycles. The minimum atomic E-state index is -4.68. The molecule has 0 aliphatic carbocycles. The summed E-state index contributed by atoms with van der Waals surface area (Å²) in [5.41, 5.74) is 1.07. The third-order valence-electron chi connectivity index (χ3n) is 5.19. The second kappa shape index (κ2) is 11.4. The minimum absolute atomic E-state index is 0.0212. The van der Waals surface area contributed by atoms with Crippen molar-refractivity contribution >= 4 is 23.2 Å². The van der Waals surface area contributed by atoms with Crippen LogP contribution in [0.1, 0.15) is 16.7 Å². The Labute approximate surface area is 206 Å². The van der Waals surface area contributed by atoms with Gasteiger partial charge in [-0.2, -0.15) is 13.2 Å². The summed E-state index contributed by atoms with van der Waals surface area (Å²) < 4.78 is 50.2. The van der Waals surface area contributed by atoms with Crippen LogP contribution in [-0.4, -0.2) is 50.1 Å². The Morgan fingerprint density at radius 3 is 2.33 bits per heavy atom. The highest BCUT2D eigenvalue weighted by molar-refractivity contribution is 6.01. The fourth-order valence-corrected chi connectivity index (χ4v) is 3.62. The Morgan fingerprint density at radius 2 is 1.72 bits per heavy atom. The predicted octanol–water partition coefficient (Wildman–Crippen LogP) is 5.27. The van der Waals surface area contributed by atoms with Crippen molar-refractivity contribution in [2.24, 2.45) is 4.99 Å². The van der Waals surface area contributed by atoms with Crippen molar-refractivity contribution in [1.29, 1.82) is 0 Å². The van der Waals surface area contributed by atoms with Crippen LogP contribution in [0, 0.1) is 0 Å². The minimum Gasteiger partial charge on any atom is -0.496 e. The van der Waals surface area contributed by atoms with Crippen molar-refractivity contribution in [1.82, 2.24) is 9.88 Å². The van der Waals surface area contributed by atoms with Crippen molar-refractivity contribution in [3.8, 4) is 11.5 Å². The third kappa shape index (κ3) is 6.44. The molecule has 190 valence electrons. The highest BCUT2D eigenvalue weighted by atomic mass is 19.4. The number of aromatic nitrogens is 1. The van der Waals surface area contributed by atoms with Gasteiger partial charge in [-0.05, 0) is 35.9 Å². The molecular weight excluding hydrogens is 475 g/mol. The largest absolute Gasteiger partial charge is 0.496 e. The van der Waals surface area contributed by atoms with Gasteiger partial charge < -0.3 is 25.0 Å². The fourth-order valence-electron chi connectivity index (χ4n) is 3.62. The number of amidine groups is 1. The highest BCUT2D eigenvalue weighted by Gasteiger charge is 2.35. The molecule has 0 radical (unpaired) electrons. The lowest BCUT2D eigenvalue weighted by Gasteiger charge is -2.22. The highest BCUT2D eigenvalue weighted by Crippen LogP contribution is 2.41. The molecular formula is C25H26F3N5O3. The van der Waals surface area contributed by atoms with E-state index >= 15 is 0 Å². The second-order valence-corrected chi connectivity index (χ2v) is 7.67. The number of pyridine rings is 1. The molecule has 0 unspecified atom stereocenters. The Bertz CT molecular complexity index is 1230. The number of alkyl halides is 3. The number of hydrogen-bond donors (Lipinski definition) is 2. The van der Waals surface area contributed by atoms with Gasteiger partial charge in [-0.1, -0.05) is 12.1 Å². The van der Waals surface area contributed by atoms with Crippen LogP contribution in [0.2, 0.25) is 0 Å². The van der Waals surface area contributed by atoms with Gasteiger partial charge in [-0.25, -0.2) is 4.79 Å². The van der Waals surface area contributed by atoms with Crippen LogP contribution in [0.15, 0.2) is 65.9 Å². The van der Waals surface area contributed by atoms with E-state index in [1.165, 1.54) is 7.11 Å². The van der Waals surface area contributed by atoms with Gasteiger partial charge in [0.1, 0.15) is 17.3 Å². The number of ether oxygens (including phenoxy) is 2. The molecule has 2 amide bonds. The van der Waals surface area contributed by atoms with Gasteiger partial charge in [0.15, 0.2) is 0 Å². The maximum absolute atomic E-state index is 13.4. The average Bonchev–Trinajstić information content (AvgIpc) is 2.84. The lowest BCUT2D eigenvalue weighted by molar-refractivity contribution is -0.138. The molecule has 1 heterocycles. The summed E-state index contributed by atoms with van der Waals surface area (Å²) >= 11 is 0. The molecule has 0 saturated heterocycles. The molecule has 3 aromatic rings. The standard InChI is InChI=1S/C25H26F3N5O3/c1-29-23(17-8-10-30-11-9-17)33(2)15-16-6-5-7-18(12-16)31-24(34)32-20-13-19(25(26,27)28)21(35-3)14-22(20)36-4/h5-14H,15H2,1-4H3,(H2,31,32,34). The molecule has 0 atom stereocenters. The first-order chi connectivity index (χ1) is 17.2. The van der Waals surface area contributed by atoms with Gasteiger partial charge in [0, 0.05) is 50.4 Å². The van der Waals surface area contributed by atoms with Crippen molar-refractivity contribution < 1.29 is 27.4 Å². The van der Waals surface area contributed by atoms with Crippen molar-refractivity contribution in [3.05, 3.63) is 77.6 Å². The number of anilines is 2. The number of benzene rings is 2. The first kappa shape index (κ1) is 26.3. The van der Waals surface area contributed by atoms with E-state index in [-0.39, 0.29) is 11.4 Å². The van der Waals surface area contributed by atoms with Crippen molar-refractivity contribution in [2.45, 2.75) is 12.7 Å². The number of halogens is 3. The summed E-state index contributed by atoms with van der Waals surface area (Å²) in [6, 6.07) is 11.9. The number of hydrogen-bond acceptors (Lipinski definition) is 5. The lowest BCUT2D eigenvalue weighted by atomic mass is 10.1.